The first-order valence-corrected chi connectivity index (χ1v) is 7.61. The third-order valence-corrected chi connectivity index (χ3v) is 3.86. The Morgan fingerprint density at radius 3 is 2.29 bits per heavy atom. The summed E-state index contributed by atoms with van der Waals surface area (Å²) >= 11 is 1.54. The van der Waals surface area contributed by atoms with Crippen molar-refractivity contribution in [2.45, 2.75) is 17.8 Å². The number of benzene rings is 2. The lowest BCUT2D eigenvalue weighted by Gasteiger charge is -2.05. The Kier molecular flexibility index (Phi) is 4.21. The third kappa shape index (κ3) is 3.64. The number of rotatable bonds is 4. The Morgan fingerprint density at radius 1 is 0.810 bits per heavy atom. The fraction of sp³-hybridized carbons (Fsp3) is 0.125. The molecule has 0 saturated heterocycles. The first kappa shape index (κ1) is 13.7. The second-order valence-corrected chi connectivity index (χ2v) is 5.53. The van der Waals surface area contributed by atoms with Gasteiger partial charge in [-0.15, -0.1) is 20.4 Å². The molecule has 4 nitrogen and oxygen atoms in total. The molecule has 0 aliphatic heterocycles. The molecule has 1 aromatic heterocycles. The number of nitrogens with zero attached hydrogens (tertiary/aromatic N) is 4. The summed E-state index contributed by atoms with van der Waals surface area (Å²) in [5.41, 5.74) is 3.67. The Balaban J connectivity index is 1.73. The van der Waals surface area contributed by atoms with Gasteiger partial charge in [-0.2, -0.15) is 0 Å². The van der Waals surface area contributed by atoms with Crippen LogP contribution in [-0.4, -0.2) is 20.4 Å². The van der Waals surface area contributed by atoms with Gasteiger partial charge in [0.05, 0.1) is 0 Å². The smallest absolute Gasteiger partial charge is 0.131 e. The lowest BCUT2D eigenvalue weighted by atomic mass is 10.0. The van der Waals surface area contributed by atoms with Crippen molar-refractivity contribution in [1.29, 1.82) is 0 Å². The lowest BCUT2D eigenvalue weighted by Crippen LogP contribution is -1.97. The van der Waals surface area contributed by atoms with E-state index < -0.39 is 0 Å². The van der Waals surface area contributed by atoms with Crippen molar-refractivity contribution in [3.05, 3.63) is 66.0 Å². The number of thioether (sulfide) groups is 1. The molecule has 0 spiro atoms. The SMILES string of the molecule is Cc1nnc(SCc2cccc(-c3ccccc3)c2)nn1. The van der Waals surface area contributed by atoms with E-state index in [1.165, 1.54) is 28.5 Å². The largest absolute Gasteiger partial charge is 0.230 e. The van der Waals surface area contributed by atoms with Crippen LogP contribution in [0.15, 0.2) is 59.8 Å². The van der Waals surface area contributed by atoms with Crippen LogP contribution < -0.4 is 0 Å². The Hall–Kier alpha value is -2.27. The van der Waals surface area contributed by atoms with E-state index in [9.17, 15) is 0 Å². The van der Waals surface area contributed by atoms with Crippen LogP contribution in [0, 0.1) is 6.92 Å². The molecular weight excluding hydrogens is 280 g/mol. The topological polar surface area (TPSA) is 51.6 Å². The van der Waals surface area contributed by atoms with Crippen molar-refractivity contribution in [3.8, 4) is 11.1 Å². The van der Waals surface area contributed by atoms with Gasteiger partial charge >= 0.3 is 0 Å². The fourth-order valence-corrected chi connectivity index (χ4v) is 2.62. The maximum atomic E-state index is 4.01. The van der Waals surface area contributed by atoms with E-state index in [0.717, 1.165) is 5.75 Å². The van der Waals surface area contributed by atoms with Crippen molar-refractivity contribution in [3.63, 3.8) is 0 Å². The monoisotopic (exact) mass is 294 g/mol. The van der Waals surface area contributed by atoms with Crippen molar-refractivity contribution < 1.29 is 0 Å². The standard InChI is InChI=1S/C16H14N4S/c1-12-17-19-16(20-18-12)21-11-13-6-5-9-15(10-13)14-7-3-2-4-8-14/h2-10H,11H2,1H3. The summed E-state index contributed by atoms with van der Waals surface area (Å²) in [7, 11) is 0. The molecule has 2 aromatic carbocycles. The molecule has 5 heteroatoms. The van der Waals surface area contributed by atoms with Crippen molar-refractivity contribution in [2.75, 3.05) is 0 Å². The minimum Gasteiger partial charge on any atom is -0.131 e. The van der Waals surface area contributed by atoms with Gasteiger partial charge in [0.2, 0.25) is 5.16 Å². The van der Waals surface area contributed by atoms with Gasteiger partial charge in [0, 0.05) is 5.75 Å². The van der Waals surface area contributed by atoms with Gasteiger partial charge in [0.1, 0.15) is 0 Å². The van der Waals surface area contributed by atoms with Crippen molar-refractivity contribution >= 4 is 11.8 Å². The summed E-state index contributed by atoms with van der Waals surface area (Å²) < 4.78 is 0. The minimum atomic E-state index is 0.588. The molecule has 3 rings (SSSR count). The zero-order valence-electron chi connectivity index (χ0n) is 11.6. The molecule has 0 bridgehead atoms. The second-order valence-electron chi connectivity index (χ2n) is 4.58. The highest BCUT2D eigenvalue weighted by atomic mass is 32.2. The van der Waals surface area contributed by atoms with Gasteiger partial charge < -0.3 is 0 Å². The molecule has 0 saturated carbocycles. The predicted octanol–water partition coefficient (Wildman–Crippen LogP) is 3.53. The van der Waals surface area contributed by atoms with E-state index in [2.05, 4.69) is 56.8 Å². The number of hydrogen-bond donors (Lipinski definition) is 0. The zero-order valence-corrected chi connectivity index (χ0v) is 12.4. The molecule has 0 atom stereocenters. The van der Waals surface area contributed by atoms with Crippen LogP contribution in [0.25, 0.3) is 11.1 Å². The van der Waals surface area contributed by atoms with Gasteiger partial charge in [0.25, 0.3) is 0 Å². The van der Waals surface area contributed by atoms with Crippen molar-refractivity contribution in [2.24, 2.45) is 0 Å². The van der Waals surface area contributed by atoms with Gasteiger partial charge in [-0.3, -0.25) is 0 Å². The highest BCUT2D eigenvalue weighted by Gasteiger charge is 2.03. The Morgan fingerprint density at radius 2 is 1.52 bits per heavy atom. The molecule has 0 aliphatic rings. The molecule has 3 aromatic rings. The normalized spacial score (nSPS) is 10.5. The molecule has 0 fully saturated rings. The number of hydrogen-bond acceptors (Lipinski definition) is 5. The van der Waals surface area contributed by atoms with Crippen LogP contribution in [0.2, 0.25) is 0 Å². The highest BCUT2D eigenvalue weighted by Crippen LogP contribution is 2.23. The predicted molar refractivity (Wildman–Crippen MR) is 83.8 cm³/mol. The molecule has 0 N–H and O–H groups in total. The summed E-state index contributed by atoms with van der Waals surface area (Å²) in [5, 5.41) is 16.5. The summed E-state index contributed by atoms with van der Waals surface area (Å²) in [6.45, 7) is 1.78. The molecule has 0 amide bonds. The summed E-state index contributed by atoms with van der Waals surface area (Å²) in [6.07, 6.45) is 0. The van der Waals surface area contributed by atoms with Crippen LogP contribution in [0.5, 0.6) is 0 Å². The third-order valence-electron chi connectivity index (χ3n) is 2.96. The molecule has 21 heavy (non-hydrogen) atoms. The van der Waals surface area contributed by atoms with E-state index in [1.807, 2.05) is 18.2 Å². The fourth-order valence-electron chi connectivity index (χ4n) is 1.95. The molecule has 0 unspecified atom stereocenters. The average molecular weight is 294 g/mol. The summed E-state index contributed by atoms with van der Waals surface area (Å²) in [6, 6.07) is 18.8. The quantitative estimate of drug-likeness (QED) is 0.689. The molecule has 0 aliphatic carbocycles. The van der Waals surface area contributed by atoms with E-state index in [1.54, 1.807) is 6.92 Å². The van der Waals surface area contributed by atoms with Crippen LogP contribution in [0.3, 0.4) is 0 Å². The molecular formula is C16H14N4S. The maximum absolute atomic E-state index is 4.01. The maximum Gasteiger partial charge on any atom is 0.230 e. The van der Waals surface area contributed by atoms with Gasteiger partial charge in [0.15, 0.2) is 5.82 Å². The Labute approximate surface area is 127 Å². The minimum absolute atomic E-state index is 0.588. The first-order valence-electron chi connectivity index (χ1n) is 6.62. The van der Waals surface area contributed by atoms with E-state index in [4.69, 9.17) is 0 Å². The van der Waals surface area contributed by atoms with Gasteiger partial charge in [-0.1, -0.05) is 66.4 Å². The van der Waals surface area contributed by atoms with Crippen LogP contribution in [0.4, 0.5) is 0 Å². The van der Waals surface area contributed by atoms with Crippen molar-refractivity contribution in [1.82, 2.24) is 20.4 Å². The van der Waals surface area contributed by atoms with E-state index >= 15 is 0 Å². The molecule has 0 radical (unpaired) electrons. The van der Waals surface area contributed by atoms with Crippen LogP contribution in [-0.2, 0) is 5.75 Å². The van der Waals surface area contributed by atoms with Gasteiger partial charge in [-0.25, -0.2) is 0 Å². The lowest BCUT2D eigenvalue weighted by molar-refractivity contribution is 0.713. The number of aromatic nitrogens is 4. The van der Waals surface area contributed by atoms with Gasteiger partial charge in [-0.05, 0) is 23.6 Å². The first-order chi connectivity index (χ1) is 10.3. The van der Waals surface area contributed by atoms with E-state index in [-0.39, 0.29) is 0 Å². The zero-order chi connectivity index (χ0) is 14.5. The summed E-state index contributed by atoms with van der Waals surface area (Å²) in [4.78, 5) is 0. The molecule has 1 heterocycles. The van der Waals surface area contributed by atoms with Crippen LogP contribution in [0.1, 0.15) is 11.4 Å². The van der Waals surface area contributed by atoms with E-state index in [0.29, 0.717) is 11.0 Å². The number of aryl methyl sites for hydroxylation is 1. The Bertz CT molecular complexity index is 714. The summed E-state index contributed by atoms with van der Waals surface area (Å²) in [5.74, 6) is 1.39. The highest BCUT2D eigenvalue weighted by molar-refractivity contribution is 7.98. The molecule has 104 valence electrons. The van der Waals surface area contributed by atoms with Crippen LogP contribution >= 0.6 is 11.8 Å². The second kappa shape index (κ2) is 6.45. The average Bonchev–Trinajstić information content (AvgIpc) is 2.55.